The minimum Gasteiger partial charge on any atom is -1.00 e. The lowest BCUT2D eigenvalue weighted by molar-refractivity contribution is -0.518. The molecule has 1 aliphatic rings. The third kappa shape index (κ3) is 2.82. The molecule has 1 aromatic carbocycles. The molecule has 1 aromatic rings. The fourth-order valence-electron chi connectivity index (χ4n) is 1.99. The third-order valence-corrected chi connectivity index (χ3v) is 4.52. The molecule has 0 radical (unpaired) electrons. The van der Waals surface area contributed by atoms with Gasteiger partial charge in [-0.1, -0.05) is 30.3 Å². The van der Waals surface area contributed by atoms with E-state index >= 15 is 0 Å². The van der Waals surface area contributed by atoms with Crippen LogP contribution in [0, 0.1) is 0 Å². The molecule has 100 valence electrons. The van der Waals surface area contributed by atoms with E-state index in [1.807, 2.05) is 30.3 Å². The highest BCUT2D eigenvalue weighted by atomic mass is 35.5. The number of hydrogen-bond acceptors (Lipinski definition) is 3. The Hall–Kier alpha value is -1.11. The monoisotopic (exact) mass is 290 g/mol. The maximum atomic E-state index is 11.9. The van der Waals surface area contributed by atoms with Gasteiger partial charge in [-0.2, -0.15) is 12.7 Å². The van der Waals surface area contributed by atoms with Crippen LogP contribution >= 0.6 is 0 Å². The Bertz CT molecular complexity index is 518. The molecule has 0 aliphatic carbocycles. The first-order valence-corrected chi connectivity index (χ1v) is 7.00. The summed E-state index contributed by atoms with van der Waals surface area (Å²) >= 11 is 0. The molecule has 1 amide bonds. The zero-order valence-corrected chi connectivity index (χ0v) is 11.5. The van der Waals surface area contributed by atoms with E-state index in [2.05, 4.69) is 0 Å². The van der Waals surface area contributed by atoms with Crippen molar-refractivity contribution in [3.05, 3.63) is 35.9 Å². The SMILES string of the molecule is CCN1C(=O)C(Cc2ccccc2)[NH2+]S1(=O)=O.[Cl-]. The Morgan fingerprint density at radius 1 is 1.28 bits per heavy atom. The summed E-state index contributed by atoms with van der Waals surface area (Å²) in [5.74, 6) is -0.323. The number of benzene rings is 1. The second kappa shape index (κ2) is 5.69. The van der Waals surface area contributed by atoms with Crippen LogP contribution in [0.4, 0.5) is 0 Å². The molecule has 1 heterocycles. The number of carbonyl (C=O) groups is 1. The zero-order chi connectivity index (χ0) is 12.5. The van der Waals surface area contributed by atoms with Crippen molar-refractivity contribution in [1.82, 2.24) is 4.31 Å². The molecule has 0 aromatic heterocycles. The van der Waals surface area contributed by atoms with Gasteiger partial charge < -0.3 is 12.4 Å². The molecule has 1 aliphatic heterocycles. The summed E-state index contributed by atoms with van der Waals surface area (Å²) < 4.78 is 25.4. The van der Waals surface area contributed by atoms with Crippen LogP contribution < -0.4 is 17.1 Å². The van der Waals surface area contributed by atoms with Gasteiger partial charge in [-0.3, -0.25) is 4.79 Å². The molecular weight excluding hydrogens is 276 g/mol. The number of likely N-dealkylation sites (N-methyl/N-ethyl adjacent to an activating group) is 1. The molecule has 2 N–H and O–H groups in total. The Labute approximate surface area is 113 Å². The van der Waals surface area contributed by atoms with E-state index < -0.39 is 16.3 Å². The minimum atomic E-state index is -3.50. The van der Waals surface area contributed by atoms with E-state index in [4.69, 9.17) is 0 Å². The number of hydrogen-bond donors (Lipinski definition) is 1. The largest absolute Gasteiger partial charge is 1.00 e. The smallest absolute Gasteiger partial charge is 0.396 e. The van der Waals surface area contributed by atoms with Crippen molar-refractivity contribution in [2.75, 3.05) is 6.54 Å². The molecule has 0 saturated carbocycles. The summed E-state index contributed by atoms with van der Waals surface area (Å²) in [6, 6.07) is 8.87. The van der Waals surface area contributed by atoms with E-state index in [0.717, 1.165) is 14.6 Å². The van der Waals surface area contributed by atoms with E-state index in [-0.39, 0.29) is 24.9 Å². The summed E-state index contributed by atoms with van der Waals surface area (Å²) in [6.45, 7) is 1.86. The van der Waals surface area contributed by atoms with Crippen LogP contribution in [0.3, 0.4) is 0 Å². The second-order valence-electron chi connectivity index (χ2n) is 3.98. The molecule has 2 rings (SSSR count). The Morgan fingerprint density at radius 3 is 2.39 bits per heavy atom. The van der Waals surface area contributed by atoms with E-state index in [1.54, 1.807) is 6.92 Å². The van der Waals surface area contributed by atoms with Gasteiger partial charge >= 0.3 is 10.2 Å². The maximum Gasteiger partial charge on any atom is 0.396 e. The van der Waals surface area contributed by atoms with Gasteiger partial charge in [0.2, 0.25) is 0 Å². The lowest BCUT2D eigenvalue weighted by atomic mass is 10.1. The number of rotatable bonds is 3. The quantitative estimate of drug-likeness (QED) is 0.622. The van der Waals surface area contributed by atoms with Crippen LogP contribution in [0.25, 0.3) is 0 Å². The minimum absolute atomic E-state index is 0. The van der Waals surface area contributed by atoms with Crippen LogP contribution in [-0.2, 0) is 21.4 Å². The van der Waals surface area contributed by atoms with Crippen molar-refractivity contribution in [2.45, 2.75) is 19.4 Å². The molecule has 1 unspecified atom stereocenters. The normalized spacial score (nSPS) is 21.7. The molecular formula is C11H15ClN2O3S. The standard InChI is InChI=1S/C11H14N2O3S.ClH/c1-2-13-11(14)10(12-17(13,15)16)8-9-6-4-3-5-7-9;/h3-7,10,12H,2,8H2,1H3;1H. The van der Waals surface area contributed by atoms with Crippen molar-refractivity contribution in [1.29, 1.82) is 0 Å². The number of amides is 1. The average Bonchev–Trinajstić information content (AvgIpc) is 2.50. The molecule has 7 heteroatoms. The van der Waals surface area contributed by atoms with E-state index in [0.29, 0.717) is 6.42 Å². The third-order valence-electron chi connectivity index (χ3n) is 2.79. The lowest BCUT2D eigenvalue weighted by Gasteiger charge is -2.06. The first-order chi connectivity index (χ1) is 8.04. The predicted octanol–water partition coefficient (Wildman–Crippen LogP) is -3.73. The highest BCUT2D eigenvalue weighted by Crippen LogP contribution is 2.09. The molecule has 18 heavy (non-hydrogen) atoms. The number of halogens is 1. The molecule has 1 atom stereocenters. The zero-order valence-electron chi connectivity index (χ0n) is 9.91. The van der Waals surface area contributed by atoms with Crippen LogP contribution in [0.15, 0.2) is 30.3 Å². The first kappa shape index (κ1) is 14.9. The summed E-state index contributed by atoms with van der Waals surface area (Å²) in [7, 11) is -3.50. The average molecular weight is 291 g/mol. The van der Waals surface area contributed by atoms with Gasteiger partial charge in [0, 0.05) is 13.0 Å². The maximum absolute atomic E-state index is 11.9. The molecule has 1 fully saturated rings. The second-order valence-corrected chi connectivity index (χ2v) is 5.72. The number of quaternary nitrogens is 1. The number of nitrogens with two attached hydrogens (primary N) is 1. The topological polar surface area (TPSA) is 71.1 Å². The first-order valence-electron chi connectivity index (χ1n) is 5.50. The summed E-state index contributed by atoms with van der Waals surface area (Å²) in [6.07, 6.45) is 0.440. The fraction of sp³-hybridized carbons (Fsp3) is 0.364. The Morgan fingerprint density at radius 2 is 1.89 bits per heavy atom. The van der Waals surface area contributed by atoms with Crippen LogP contribution in [0.5, 0.6) is 0 Å². The van der Waals surface area contributed by atoms with Gasteiger partial charge in [0.25, 0.3) is 5.91 Å². The van der Waals surface area contributed by atoms with Gasteiger partial charge in [-0.25, -0.2) is 4.72 Å². The van der Waals surface area contributed by atoms with Gasteiger partial charge in [0.05, 0.1) is 0 Å². The number of carbonyl (C=O) groups excluding carboxylic acids is 1. The Balaban J connectivity index is 0.00000162. The fourth-order valence-corrected chi connectivity index (χ4v) is 3.51. The number of nitrogens with zero attached hydrogens (tertiary/aromatic N) is 1. The molecule has 5 nitrogen and oxygen atoms in total. The van der Waals surface area contributed by atoms with Crippen molar-refractivity contribution in [3.63, 3.8) is 0 Å². The van der Waals surface area contributed by atoms with Gasteiger partial charge in [-0.05, 0) is 12.5 Å². The van der Waals surface area contributed by atoms with Crippen molar-refractivity contribution in [3.8, 4) is 0 Å². The van der Waals surface area contributed by atoms with Crippen LogP contribution in [0.1, 0.15) is 12.5 Å². The molecule has 0 bridgehead atoms. The molecule has 1 saturated heterocycles. The van der Waals surface area contributed by atoms with Crippen molar-refractivity contribution >= 4 is 16.1 Å². The summed E-state index contributed by atoms with van der Waals surface area (Å²) in [4.78, 5) is 11.9. The van der Waals surface area contributed by atoms with Crippen LogP contribution in [-0.4, -0.2) is 31.2 Å². The van der Waals surface area contributed by atoms with Gasteiger partial charge in [-0.15, -0.1) is 0 Å². The summed E-state index contributed by atoms with van der Waals surface area (Å²) in [5, 5.41) is 0. The van der Waals surface area contributed by atoms with Crippen LogP contribution in [0.2, 0.25) is 0 Å². The van der Waals surface area contributed by atoms with E-state index in [1.165, 1.54) is 0 Å². The van der Waals surface area contributed by atoms with Crippen molar-refractivity contribution < 1.29 is 30.3 Å². The summed E-state index contributed by atoms with van der Waals surface area (Å²) in [5.41, 5.74) is 0.968. The Kier molecular flexibility index (Phi) is 4.72. The van der Waals surface area contributed by atoms with Gasteiger partial charge in [0.1, 0.15) is 0 Å². The van der Waals surface area contributed by atoms with E-state index in [9.17, 15) is 13.2 Å². The van der Waals surface area contributed by atoms with Crippen molar-refractivity contribution in [2.24, 2.45) is 0 Å². The predicted molar refractivity (Wildman–Crippen MR) is 62.2 cm³/mol. The molecule has 0 spiro atoms. The highest BCUT2D eigenvalue weighted by Gasteiger charge is 2.46. The lowest BCUT2D eigenvalue weighted by Crippen LogP contribution is -3.00. The van der Waals surface area contributed by atoms with Gasteiger partial charge in [0.15, 0.2) is 6.04 Å². The highest BCUT2D eigenvalue weighted by molar-refractivity contribution is 7.83.